The van der Waals surface area contributed by atoms with E-state index in [4.69, 9.17) is 14.5 Å². The molecule has 1 aromatic carbocycles. The maximum absolute atomic E-state index is 6.22. The van der Waals surface area contributed by atoms with E-state index in [1.807, 2.05) is 0 Å². The van der Waals surface area contributed by atoms with Crippen LogP contribution in [0.15, 0.2) is 23.2 Å². The summed E-state index contributed by atoms with van der Waals surface area (Å²) in [6.07, 6.45) is 5.01. The third kappa shape index (κ3) is 7.57. The molecular weight excluding hydrogens is 491 g/mol. The van der Waals surface area contributed by atoms with E-state index in [1.54, 1.807) is 0 Å². The topological polar surface area (TPSA) is 58.1 Å². The molecule has 2 unspecified atom stereocenters. The molecule has 0 amide bonds. The molecule has 2 N–H and O–H groups in total. The fourth-order valence-electron chi connectivity index (χ4n) is 4.12. The van der Waals surface area contributed by atoms with Crippen molar-refractivity contribution in [1.82, 2.24) is 15.5 Å². The number of guanidine groups is 1. The summed E-state index contributed by atoms with van der Waals surface area (Å²) in [6, 6.07) is 6.97. The maximum Gasteiger partial charge on any atom is 0.191 e. The summed E-state index contributed by atoms with van der Waals surface area (Å²) in [7, 11) is 0. The predicted molar refractivity (Wildman–Crippen MR) is 134 cm³/mol. The van der Waals surface area contributed by atoms with Crippen molar-refractivity contribution in [3.63, 3.8) is 0 Å². The van der Waals surface area contributed by atoms with Crippen molar-refractivity contribution in [2.24, 2.45) is 4.99 Å². The number of aliphatic imine (C=N–C) groups is 1. The Balaban J connectivity index is 0.00000320. The molecule has 2 fully saturated rings. The Morgan fingerprint density at radius 2 is 2.10 bits per heavy atom. The predicted octanol–water partition coefficient (Wildman–Crippen LogP) is 3.71. The first-order valence-electron chi connectivity index (χ1n) is 11.3. The second-order valence-corrected chi connectivity index (χ2v) is 8.07. The highest BCUT2D eigenvalue weighted by Gasteiger charge is 2.21. The number of aryl methyl sites for hydroxylation is 1. The Bertz CT molecular complexity index is 665. The first kappa shape index (κ1) is 25.2. The summed E-state index contributed by atoms with van der Waals surface area (Å²) in [5.41, 5.74) is 2.32. The molecule has 170 valence electrons. The summed E-state index contributed by atoms with van der Waals surface area (Å²) in [5.74, 6) is 1.81. The van der Waals surface area contributed by atoms with Crippen LogP contribution in [-0.4, -0.2) is 62.4 Å². The molecule has 3 rings (SSSR count). The van der Waals surface area contributed by atoms with Crippen molar-refractivity contribution in [3.8, 4) is 5.75 Å². The van der Waals surface area contributed by atoms with Gasteiger partial charge in [-0.15, -0.1) is 24.0 Å². The van der Waals surface area contributed by atoms with E-state index in [2.05, 4.69) is 54.5 Å². The second kappa shape index (κ2) is 13.4. The van der Waals surface area contributed by atoms with Crippen LogP contribution in [0, 0.1) is 6.92 Å². The molecule has 0 aromatic heterocycles. The molecule has 0 aliphatic carbocycles. The van der Waals surface area contributed by atoms with E-state index >= 15 is 0 Å². The van der Waals surface area contributed by atoms with Crippen LogP contribution in [0.2, 0.25) is 0 Å². The van der Waals surface area contributed by atoms with Crippen LogP contribution < -0.4 is 15.4 Å². The van der Waals surface area contributed by atoms with Crippen LogP contribution in [0.4, 0.5) is 0 Å². The van der Waals surface area contributed by atoms with Gasteiger partial charge in [0.15, 0.2) is 5.96 Å². The number of hydrogen-bond acceptors (Lipinski definition) is 4. The fraction of sp³-hybridized carbons (Fsp3) is 0.696. The quantitative estimate of drug-likeness (QED) is 0.305. The highest BCUT2D eigenvalue weighted by Crippen LogP contribution is 2.24. The number of ether oxygens (including phenoxy) is 2. The van der Waals surface area contributed by atoms with Crippen LogP contribution in [0.25, 0.3) is 0 Å². The normalized spacial score (nSPS) is 22.4. The smallest absolute Gasteiger partial charge is 0.191 e. The monoisotopic (exact) mass is 530 g/mol. The molecule has 1 aromatic rings. The average molecular weight is 530 g/mol. The Kier molecular flexibility index (Phi) is 11.2. The van der Waals surface area contributed by atoms with Crippen LogP contribution in [0.3, 0.4) is 0 Å². The van der Waals surface area contributed by atoms with Gasteiger partial charge in [-0.2, -0.15) is 0 Å². The SMILES string of the molecule is CCNC(=NCc1ccc(C)cc1OC1CCOC1)NCC1CCCCN1CC.I. The first-order chi connectivity index (χ1) is 14.2. The molecule has 0 bridgehead atoms. The largest absolute Gasteiger partial charge is 0.488 e. The molecule has 2 saturated heterocycles. The highest BCUT2D eigenvalue weighted by molar-refractivity contribution is 14.0. The van der Waals surface area contributed by atoms with Gasteiger partial charge in [-0.05, 0) is 51.4 Å². The number of likely N-dealkylation sites (N-methyl/N-ethyl adjacent to an activating group) is 1. The van der Waals surface area contributed by atoms with Crippen molar-refractivity contribution < 1.29 is 9.47 Å². The lowest BCUT2D eigenvalue weighted by Gasteiger charge is -2.35. The van der Waals surface area contributed by atoms with Gasteiger partial charge in [0.1, 0.15) is 11.9 Å². The van der Waals surface area contributed by atoms with Gasteiger partial charge in [0.05, 0.1) is 19.8 Å². The molecule has 30 heavy (non-hydrogen) atoms. The minimum Gasteiger partial charge on any atom is -0.488 e. The number of hydrogen-bond donors (Lipinski definition) is 2. The Morgan fingerprint density at radius 3 is 2.83 bits per heavy atom. The van der Waals surface area contributed by atoms with Crippen LogP contribution in [0.1, 0.15) is 50.7 Å². The molecule has 0 spiro atoms. The third-order valence-electron chi connectivity index (χ3n) is 5.82. The van der Waals surface area contributed by atoms with Gasteiger partial charge in [-0.1, -0.05) is 25.5 Å². The van der Waals surface area contributed by atoms with E-state index < -0.39 is 0 Å². The van der Waals surface area contributed by atoms with Gasteiger partial charge in [0.25, 0.3) is 0 Å². The minimum absolute atomic E-state index is 0. The van der Waals surface area contributed by atoms with Gasteiger partial charge in [0.2, 0.25) is 0 Å². The second-order valence-electron chi connectivity index (χ2n) is 8.07. The standard InChI is InChI=1S/C23H38N4O2.HI/c1-4-24-23(26-16-20-8-6-7-12-27(20)5-2)25-15-19-10-9-18(3)14-22(19)29-21-11-13-28-17-21;/h9-10,14,20-21H,4-8,11-13,15-17H2,1-3H3,(H2,24,25,26);1H. The van der Waals surface area contributed by atoms with Crippen LogP contribution >= 0.6 is 24.0 Å². The number of benzene rings is 1. The number of piperidine rings is 1. The van der Waals surface area contributed by atoms with E-state index in [-0.39, 0.29) is 30.1 Å². The van der Waals surface area contributed by atoms with Gasteiger partial charge in [-0.3, -0.25) is 4.90 Å². The Hall–Kier alpha value is -1.06. The van der Waals surface area contributed by atoms with Crippen LogP contribution in [0.5, 0.6) is 5.75 Å². The Morgan fingerprint density at radius 1 is 1.23 bits per heavy atom. The summed E-state index contributed by atoms with van der Waals surface area (Å²) in [5, 5.41) is 6.95. The molecule has 7 heteroatoms. The van der Waals surface area contributed by atoms with Crippen molar-refractivity contribution in [2.45, 2.75) is 65.1 Å². The first-order valence-corrected chi connectivity index (χ1v) is 11.3. The zero-order valence-corrected chi connectivity index (χ0v) is 21.1. The van der Waals surface area contributed by atoms with E-state index in [1.165, 1.54) is 31.4 Å². The number of nitrogens with one attached hydrogen (secondary N) is 2. The van der Waals surface area contributed by atoms with Crippen molar-refractivity contribution >= 4 is 29.9 Å². The number of halogens is 1. The van der Waals surface area contributed by atoms with Crippen molar-refractivity contribution in [2.75, 3.05) is 39.4 Å². The van der Waals surface area contributed by atoms with Crippen molar-refractivity contribution in [3.05, 3.63) is 29.3 Å². The van der Waals surface area contributed by atoms with Gasteiger partial charge in [-0.25, -0.2) is 4.99 Å². The molecule has 0 saturated carbocycles. The summed E-state index contributed by atoms with van der Waals surface area (Å²) < 4.78 is 11.7. The van der Waals surface area contributed by atoms with Crippen LogP contribution in [-0.2, 0) is 11.3 Å². The fourth-order valence-corrected chi connectivity index (χ4v) is 4.12. The summed E-state index contributed by atoms with van der Waals surface area (Å²) in [6.45, 7) is 12.6. The molecule has 2 aliphatic rings. The summed E-state index contributed by atoms with van der Waals surface area (Å²) in [4.78, 5) is 7.43. The third-order valence-corrected chi connectivity index (χ3v) is 5.82. The number of likely N-dealkylation sites (tertiary alicyclic amines) is 1. The van der Waals surface area contributed by atoms with Gasteiger partial charge >= 0.3 is 0 Å². The van der Waals surface area contributed by atoms with Crippen molar-refractivity contribution in [1.29, 1.82) is 0 Å². The molecule has 2 heterocycles. The Labute approximate surface area is 199 Å². The molecule has 0 radical (unpaired) electrons. The summed E-state index contributed by atoms with van der Waals surface area (Å²) >= 11 is 0. The lowest BCUT2D eigenvalue weighted by atomic mass is 10.0. The van der Waals surface area contributed by atoms with Gasteiger partial charge in [0, 0.05) is 31.1 Å². The van der Waals surface area contributed by atoms with Gasteiger partial charge < -0.3 is 20.1 Å². The lowest BCUT2D eigenvalue weighted by Crippen LogP contribution is -2.49. The maximum atomic E-state index is 6.22. The number of rotatable bonds is 8. The zero-order valence-electron chi connectivity index (χ0n) is 18.8. The zero-order chi connectivity index (χ0) is 20.5. The number of nitrogens with zero attached hydrogens (tertiary/aromatic N) is 2. The minimum atomic E-state index is 0. The lowest BCUT2D eigenvalue weighted by molar-refractivity contribution is 0.140. The van der Waals surface area contributed by atoms with E-state index in [9.17, 15) is 0 Å². The van der Waals surface area contributed by atoms with E-state index in [0.717, 1.165) is 49.9 Å². The van der Waals surface area contributed by atoms with E-state index in [0.29, 0.717) is 19.2 Å². The molecular formula is C23H39IN4O2. The molecule has 2 aliphatic heterocycles. The molecule has 2 atom stereocenters. The molecule has 6 nitrogen and oxygen atoms in total. The highest BCUT2D eigenvalue weighted by atomic mass is 127. The average Bonchev–Trinajstić information content (AvgIpc) is 3.24.